The Labute approximate surface area is 83.2 Å². The SMILES string of the molecule is CC(C)Nc1cnc2ccccc2n1. The van der Waals surface area contributed by atoms with Crippen LogP contribution < -0.4 is 5.32 Å². The van der Waals surface area contributed by atoms with Gasteiger partial charge in [-0.3, -0.25) is 4.98 Å². The van der Waals surface area contributed by atoms with Crippen LogP contribution in [0.1, 0.15) is 13.8 Å². The Kier molecular flexibility index (Phi) is 2.31. The van der Waals surface area contributed by atoms with Gasteiger partial charge in [-0.15, -0.1) is 0 Å². The Morgan fingerprint density at radius 3 is 2.57 bits per heavy atom. The summed E-state index contributed by atoms with van der Waals surface area (Å²) in [4.78, 5) is 8.75. The van der Waals surface area contributed by atoms with Crippen molar-refractivity contribution in [2.75, 3.05) is 5.32 Å². The van der Waals surface area contributed by atoms with Crippen LogP contribution in [0.3, 0.4) is 0 Å². The first-order chi connectivity index (χ1) is 6.75. The van der Waals surface area contributed by atoms with E-state index in [1.165, 1.54) is 0 Å². The Morgan fingerprint density at radius 2 is 1.86 bits per heavy atom. The summed E-state index contributed by atoms with van der Waals surface area (Å²) in [5.74, 6) is 0.832. The zero-order chi connectivity index (χ0) is 9.97. The average molecular weight is 187 g/mol. The second-order valence-corrected chi connectivity index (χ2v) is 3.54. The second kappa shape index (κ2) is 3.62. The van der Waals surface area contributed by atoms with Crippen LogP contribution in [-0.4, -0.2) is 16.0 Å². The van der Waals surface area contributed by atoms with Crippen molar-refractivity contribution in [3.8, 4) is 0 Å². The summed E-state index contributed by atoms with van der Waals surface area (Å²) in [6.07, 6.45) is 1.77. The molecule has 0 saturated heterocycles. The molecular weight excluding hydrogens is 174 g/mol. The predicted molar refractivity (Wildman–Crippen MR) is 58.3 cm³/mol. The van der Waals surface area contributed by atoms with E-state index in [9.17, 15) is 0 Å². The van der Waals surface area contributed by atoms with Crippen LogP contribution in [0.25, 0.3) is 11.0 Å². The van der Waals surface area contributed by atoms with Crippen molar-refractivity contribution in [2.24, 2.45) is 0 Å². The third kappa shape index (κ3) is 1.82. The number of hydrogen-bond donors (Lipinski definition) is 1. The number of fused-ring (bicyclic) bond motifs is 1. The maximum absolute atomic E-state index is 4.44. The highest BCUT2D eigenvalue weighted by Gasteiger charge is 1.99. The summed E-state index contributed by atoms with van der Waals surface area (Å²) < 4.78 is 0. The van der Waals surface area contributed by atoms with Gasteiger partial charge in [-0.2, -0.15) is 0 Å². The number of nitrogens with one attached hydrogen (secondary N) is 1. The second-order valence-electron chi connectivity index (χ2n) is 3.54. The van der Waals surface area contributed by atoms with E-state index in [0.29, 0.717) is 6.04 Å². The van der Waals surface area contributed by atoms with Gasteiger partial charge >= 0.3 is 0 Å². The van der Waals surface area contributed by atoms with E-state index in [0.717, 1.165) is 16.9 Å². The van der Waals surface area contributed by atoms with Crippen LogP contribution in [-0.2, 0) is 0 Å². The molecule has 72 valence electrons. The zero-order valence-corrected chi connectivity index (χ0v) is 8.36. The van der Waals surface area contributed by atoms with E-state index in [-0.39, 0.29) is 0 Å². The molecule has 2 aromatic rings. The maximum Gasteiger partial charge on any atom is 0.145 e. The Morgan fingerprint density at radius 1 is 1.14 bits per heavy atom. The van der Waals surface area contributed by atoms with Crippen LogP contribution in [0.15, 0.2) is 30.5 Å². The first-order valence-corrected chi connectivity index (χ1v) is 4.74. The summed E-state index contributed by atoms with van der Waals surface area (Å²) in [6.45, 7) is 4.16. The number of rotatable bonds is 2. The van der Waals surface area contributed by atoms with Crippen LogP contribution in [0.2, 0.25) is 0 Å². The van der Waals surface area contributed by atoms with E-state index >= 15 is 0 Å². The topological polar surface area (TPSA) is 37.8 Å². The van der Waals surface area contributed by atoms with Crippen molar-refractivity contribution < 1.29 is 0 Å². The number of aromatic nitrogens is 2. The molecule has 14 heavy (non-hydrogen) atoms. The molecule has 0 saturated carbocycles. The molecule has 2 rings (SSSR count). The Balaban J connectivity index is 2.41. The molecule has 0 aliphatic rings. The summed E-state index contributed by atoms with van der Waals surface area (Å²) in [5.41, 5.74) is 1.86. The van der Waals surface area contributed by atoms with Gasteiger partial charge in [-0.1, -0.05) is 12.1 Å². The molecule has 0 atom stereocenters. The molecule has 0 aliphatic heterocycles. The normalized spacial score (nSPS) is 10.8. The minimum atomic E-state index is 0.380. The monoisotopic (exact) mass is 187 g/mol. The molecule has 1 aromatic heterocycles. The highest BCUT2D eigenvalue weighted by atomic mass is 15.0. The lowest BCUT2D eigenvalue weighted by Crippen LogP contribution is -2.11. The van der Waals surface area contributed by atoms with Crippen molar-refractivity contribution in [1.82, 2.24) is 9.97 Å². The predicted octanol–water partition coefficient (Wildman–Crippen LogP) is 2.45. The van der Waals surface area contributed by atoms with Crippen LogP contribution in [0.5, 0.6) is 0 Å². The van der Waals surface area contributed by atoms with E-state index in [2.05, 4.69) is 29.1 Å². The fourth-order valence-electron chi connectivity index (χ4n) is 1.32. The first-order valence-electron chi connectivity index (χ1n) is 4.74. The van der Waals surface area contributed by atoms with Crippen molar-refractivity contribution in [2.45, 2.75) is 19.9 Å². The summed E-state index contributed by atoms with van der Waals surface area (Å²) in [7, 11) is 0. The fourth-order valence-corrected chi connectivity index (χ4v) is 1.32. The molecule has 0 radical (unpaired) electrons. The lowest BCUT2D eigenvalue weighted by Gasteiger charge is -2.08. The standard InChI is InChI=1S/C11H13N3/c1-8(2)13-11-7-12-9-5-3-4-6-10(9)14-11/h3-8H,1-2H3,(H,13,14). The zero-order valence-electron chi connectivity index (χ0n) is 8.36. The van der Waals surface area contributed by atoms with Gasteiger partial charge in [-0.25, -0.2) is 4.98 Å². The number of para-hydroxylation sites is 2. The quantitative estimate of drug-likeness (QED) is 0.784. The fraction of sp³-hybridized carbons (Fsp3) is 0.273. The van der Waals surface area contributed by atoms with E-state index < -0.39 is 0 Å². The van der Waals surface area contributed by atoms with Crippen LogP contribution in [0, 0.1) is 0 Å². The number of hydrogen-bond acceptors (Lipinski definition) is 3. The Hall–Kier alpha value is -1.64. The summed E-state index contributed by atoms with van der Waals surface area (Å²) in [5, 5.41) is 3.22. The highest BCUT2D eigenvalue weighted by molar-refractivity contribution is 5.75. The van der Waals surface area contributed by atoms with Crippen LogP contribution >= 0.6 is 0 Å². The molecule has 0 amide bonds. The van der Waals surface area contributed by atoms with Crippen molar-refractivity contribution in [3.63, 3.8) is 0 Å². The largest absolute Gasteiger partial charge is 0.367 e. The van der Waals surface area contributed by atoms with Gasteiger partial charge in [0, 0.05) is 6.04 Å². The molecule has 3 nitrogen and oxygen atoms in total. The molecule has 0 unspecified atom stereocenters. The maximum atomic E-state index is 4.44. The molecule has 1 heterocycles. The molecule has 0 bridgehead atoms. The lowest BCUT2D eigenvalue weighted by molar-refractivity contribution is 0.889. The van der Waals surface area contributed by atoms with Gasteiger partial charge in [0.05, 0.1) is 17.2 Å². The van der Waals surface area contributed by atoms with Gasteiger partial charge in [0.25, 0.3) is 0 Å². The Bertz CT molecular complexity index is 437. The smallest absolute Gasteiger partial charge is 0.145 e. The van der Waals surface area contributed by atoms with Crippen LogP contribution in [0.4, 0.5) is 5.82 Å². The molecule has 3 heteroatoms. The minimum absolute atomic E-state index is 0.380. The van der Waals surface area contributed by atoms with Gasteiger partial charge in [0.1, 0.15) is 5.82 Å². The highest BCUT2D eigenvalue weighted by Crippen LogP contribution is 2.11. The van der Waals surface area contributed by atoms with Gasteiger partial charge in [-0.05, 0) is 26.0 Å². The lowest BCUT2D eigenvalue weighted by atomic mass is 10.3. The minimum Gasteiger partial charge on any atom is -0.367 e. The van der Waals surface area contributed by atoms with E-state index in [1.54, 1.807) is 6.20 Å². The third-order valence-electron chi connectivity index (χ3n) is 1.89. The number of benzene rings is 1. The number of anilines is 1. The summed E-state index contributed by atoms with van der Waals surface area (Å²) >= 11 is 0. The summed E-state index contributed by atoms with van der Waals surface area (Å²) in [6, 6.07) is 8.24. The van der Waals surface area contributed by atoms with Gasteiger partial charge < -0.3 is 5.32 Å². The van der Waals surface area contributed by atoms with Gasteiger partial charge in [0.2, 0.25) is 0 Å². The van der Waals surface area contributed by atoms with Crippen molar-refractivity contribution >= 4 is 16.9 Å². The average Bonchev–Trinajstić information content (AvgIpc) is 2.17. The van der Waals surface area contributed by atoms with Gasteiger partial charge in [0.15, 0.2) is 0 Å². The molecule has 1 N–H and O–H groups in total. The first kappa shape index (κ1) is 8.94. The third-order valence-corrected chi connectivity index (χ3v) is 1.89. The molecular formula is C11H13N3. The van der Waals surface area contributed by atoms with E-state index in [4.69, 9.17) is 0 Å². The molecule has 0 aliphatic carbocycles. The van der Waals surface area contributed by atoms with Crippen molar-refractivity contribution in [1.29, 1.82) is 0 Å². The molecule has 0 spiro atoms. The number of nitrogens with zero attached hydrogens (tertiary/aromatic N) is 2. The van der Waals surface area contributed by atoms with E-state index in [1.807, 2.05) is 24.3 Å². The molecule has 1 aromatic carbocycles. The van der Waals surface area contributed by atoms with Crippen molar-refractivity contribution in [3.05, 3.63) is 30.5 Å². The molecule has 0 fully saturated rings.